The summed E-state index contributed by atoms with van der Waals surface area (Å²) in [5.74, 6) is 0.850. The molecule has 3 atom stereocenters. The van der Waals surface area contributed by atoms with E-state index < -0.39 is 0 Å². The Labute approximate surface area is 92.8 Å². The average molecular weight is 209 g/mol. The van der Waals surface area contributed by atoms with Gasteiger partial charge in [0.25, 0.3) is 0 Å². The first-order valence-corrected chi connectivity index (χ1v) is 6.28. The normalized spacial score (nSPS) is 38.7. The molecule has 0 bridgehead atoms. The third-order valence-electron chi connectivity index (χ3n) is 4.06. The summed E-state index contributed by atoms with van der Waals surface area (Å²) in [6, 6.07) is 1.06. The van der Waals surface area contributed by atoms with Crippen molar-refractivity contribution in [3.05, 3.63) is 0 Å². The van der Waals surface area contributed by atoms with Crippen molar-refractivity contribution in [3.8, 4) is 0 Å². The Hall–Kier alpha value is -0.370. The molecule has 1 saturated heterocycles. The number of ketones is 1. The topological polar surface area (TPSA) is 29.1 Å². The van der Waals surface area contributed by atoms with Crippen molar-refractivity contribution in [2.24, 2.45) is 11.3 Å². The van der Waals surface area contributed by atoms with Crippen LogP contribution in [0.5, 0.6) is 0 Å². The highest BCUT2D eigenvalue weighted by atomic mass is 16.1. The highest BCUT2D eigenvalue weighted by Crippen LogP contribution is 2.52. The zero-order chi connectivity index (χ0) is 11.1. The molecule has 86 valence electrons. The molecule has 2 fully saturated rings. The summed E-state index contributed by atoms with van der Waals surface area (Å²) in [6.07, 6.45) is 5.59. The Balaban J connectivity index is 1.79. The molecule has 3 unspecified atom stereocenters. The van der Waals surface area contributed by atoms with Crippen molar-refractivity contribution in [2.45, 2.75) is 65.0 Å². The van der Waals surface area contributed by atoms with Crippen LogP contribution in [0.25, 0.3) is 0 Å². The van der Waals surface area contributed by atoms with Crippen molar-refractivity contribution < 1.29 is 4.79 Å². The molecule has 1 heterocycles. The fraction of sp³-hybridized carbons (Fsp3) is 0.923. The molecular formula is C13H23NO. The predicted molar refractivity (Wildman–Crippen MR) is 61.7 cm³/mol. The van der Waals surface area contributed by atoms with Gasteiger partial charge < -0.3 is 5.32 Å². The second-order valence-electron chi connectivity index (χ2n) is 6.11. The van der Waals surface area contributed by atoms with Crippen molar-refractivity contribution in [1.29, 1.82) is 0 Å². The van der Waals surface area contributed by atoms with E-state index in [2.05, 4.69) is 26.1 Å². The molecule has 1 N–H and O–H groups in total. The van der Waals surface area contributed by atoms with Gasteiger partial charge >= 0.3 is 0 Å². The molecular weight excluding hydrogens is 186 g/mol. The van der Waals surface area contributed by atoms with Gasteiger partial charge in [-0.2, -0.15) is 0 Å². The minimum absolute atomic E-state index is 0.303. The van der Waals surface area contributed by atoms with Crippen LogP contribution in [0.15, 0.2) is 0 Å². The quantitative estimate of drug-likeness (QED) is 0.774. The summed E-state index contributed by atoms with van der Waals surface area (Å²) in [5, 5.41) is 3.54. The van der Waals surface area contributed by atoms with Gasteiger partial charge in [0.15, 0.2) is 0 Å². The van der Waals surface area contributed by atoms with Crippen LogP contribution in [0.1, 0.15) is 52.9 Å². The molecule has 0 amide bonds. The van der Waals surface area contributed by atoms with Crippen LogP contribution in [0.2, 0.25) is 0 Å². The van der Waals surface area contributed by atoms with Crippen molar-refractivity contribution in [2.75, 3.05) is 0 Å². The molecule has 1 aliphatic heterocycles. The SMILES string of the molecule is CC1CCCC(CC(=O)C2CC2(C)C)N1. The van der Waals surface area contributed by atoms with Crippen LogP contribution in [-0.4, -0.2) is 17.9 Å². The molecule has 0 aromatic carbocycles. The molecule has 0 aromatic rings. The lowest BCUT2D eigenvalue weighted by atomic mass is 9.93. The number of Topliss-reactive ketones (excluding diaryl/α,β-unsaturated/α-hetero) is 1. The number of piperidine rings is 1. The molecule has 15 heavy (non-hydrogen) atoms. The minimum Gasteiger partial charge on any atom is -0.311 e. The maximum Gasteiger partial charge on any atom is 0.138 e. The van der Waals surface area contributed by atoms with E-state index in [4.69, 9.17) is 0 Å². The second-order valence-corrected chi connectivity index (χ2v) is 6.11. The number of hydrogen-bond donors (Lipinski definition) is 1. The van der Waals surface area contributed by atoms with E-state index in [0.29, 0.717) is 29.2 Å². The van der Waals surface area contributed by atoms with Gasteiger partial charge in [-0.25, -0.2) is 0 Å². The van der Waals surface area contributed by atoms with E-state index in [1.807, 2.05) is 0 Å². The first-order valence-electron chi connectivity index (χ1n) is 6.28. The third kappa shape index (κ3) is 2.60. The van der Waals surface area contributed by atoms with Gasteiger partial charge in [-0.05, 0) is 31.6 Å². The van der Waals surface area contributed by atoms with Gasteiger partial charge in [-0.15, -0.1) is 0 Å². The maximum absolute atomic E-state index is 12.0. The molecule has 1 saturated carbocycles. The van der Waals surface area contributed by atoms with Crippen LogP contribution >= 0.6 is 0 Å². The zero-order valence-electron chi connectivity index (χ0n) is 10.2. The smallest absolute Gasteiger partial charge is 0.138 e. The second kappa shape index (κ2) is 3.89. The summed E-state index contributed by atoms with van der Waals surface area (Å²) < 4.78 is 0. The maximum atomic E-state index is 12.0. The standard InChI is InChI=1S/C13H23NO/c1-9-5-4-6-10(14-9)7-12(15)11-8-13(11,2)3/h9-11,14H,4-8H2,1-3H3. The lowest BCUT2D eigenvalue weighted by Crippen LogP contribution is -2.41. The fourth-order valence-corrected chi connectivity index (χ4v) is 2.80. The third-order valence-corrected chi connectivity index (χ3v) is 4.06. The van der Waals surface area contributed by atoms with Crippen LogP contribution in [0.4, 0.5) is 0 Å². The Morgan fingerprint density at radius 2 is 2.07 bits per heavy atom. The first-order chi connectivity index (χ1) is 6.99. The number of hydrogen-bond acceptors (Lipinski definition) is 2. The summed E-state index contributed by atoms with van der Waals surface area (Å²) in [5.41, 5.74) is 0.303. The Bertz CT molecular complexity index is 259. The van der Waals surface area contributed by atoms with E-state index in [1.54, 1.807) is 0 Å². The van der Waals surface area contributed by atoms with Crippen molar-refractivity contribution in [1.82, 2.24) is 5.32 Å². The van der Waals surface area contributed by atoms with Gasteiger partial charge in [0, 0.05) is 24.4 Å². The van der Waals surface area contributed by atoms with Crippen LogP contribution in [-0.2, 0) is 4.79 Å². The van der Waals surface area contributed by atoms with Gasteiger partial charge in [0.05, 0.1) is 0 Å². The van der Waals surface area contributed by atoms with E-state index in [-0.39, 0.29) is 0 Å². The number of carbonyl (C=O) groups is 1. The minimum atomic E-state index is 0.303. The molecule has 2 nitrogen and oxygen atoms in total. The molecule has 1 aliphatic carbocycles. The molecule has 2 rings (SSSR count). The predicted octanol–water partition coefficient (Wildman–Crippen LogP) is 2.52. The van der Waals surface area contributed by atoms with Gasteiger partial charge in [0.1, 0.15) is 5.78 Å². The van der Waals surface area contributed by atoms with E-state index in [9.17, 15) is 4.79 Å². The van der Waals surface area contributed by atoms with Gasteiger partial charge in [0.2, 0.25) is 0 Å². The van der Waals surface area contributed by atoms with Crippen molar-refractivity contribution in [3.63, 3.8) is 0 Å². The molecule has 0 spiro atoms. The Morgan fingerprint density at radius 3 is 2.60 bits per heavy atom. The van der Waals surface area contributed by atoms with E-state index in [1.165, 1.54) is 19.3 Å². The molecule has 2 heteroatoms. The average Bonchev–Trinajstić information content (AvgIpc) is 2.75. The summed E-state index contributed by atoms with van der Waals surface area (Å²) in [7, 11) is 0. The first kappa shape index (κ1) is 11.1. The summed E-state index contributed by atoms with van der Waals surface area (Å²) in [6.45, 7) is 6.62. The fourth-order valence-electron chi connectivity index (χ4n) is 2.80. The van der Waals surface area contributed by atoms with Crippen LogP contribution < -0.4 is 5.32 Å². The monoisotopic (exact) mass is 209 g/mol. The van der Waals surface area contributed by atoms with E-state index in [0.717, 1.165) is 12.8 Å². The largest absolute Gasteiger partial charge is 0.311 e. The molecule has 0 radical (unpaired) electrons. The Morgan fingerprint density at radius 1 is 1.40 bits per heavy atom. The van der Waals surface area contributed by atoms with Crippen LogP contribution in [0, 0.1) is 11.3 Å². The highest BCUT2D eigenvalue weighted by molar-refractivity contribution is 5.85. The number of rotatable bonds is 3. The molecule has 0 aromatic heterocycles. The van der Waals surface area contributed by atoms with Crippen LogP contribution in [0.3, 0.4) is 0 Å². The summed E-state index contributed by atoms with van der Waals surface area (Å²) in [4.78, 5) is 12.0. The number of carbonyl (C=O) groups excluding carboxylic acids is 1. The van der Waals surface area contributed by atoms with Gasteiger partial charge in [-0.1, -0.05) is 20.3 Å². The lowest BCUT2D eigenvalue weighted by molar-refractivity contribution is -0.121. The zero-order valence-corrected chi connectivity index (χ0v) is 10.2. The number of nitrogens with one attached hydrogen (secondary N) is 1. The van der Waals surface area contributed by atoms with Gasteiger partial charge in [-0.3, -0.25) is 4.79 Å². The molecule has 2 aliphatic rings. The lowest BCUT2D eigenvalue weighted by Gasteiger charge is -2.28. The van der Waals surface area contributed by atoms with Crippen molar-refractivity contribution >= 4 is 5.78 Å². The van der Waals surface area contributed by atoms with E-state index >= 15 is 0 Å². The highest BCUT2D eigenvalue weighted by Gasteiger charge is 2.50. The Kier molecular flexibility index (Phi) is 2.89. The summed E-state index contributed by atoms with van der Waals surface area (Å²) >= 11 is 0.